The van der Waals surface area contributed by atoms with Gasteiger partial charge in [-0.3, -0.25) is 5.10 Å². The molecule has 0 aliphatic carbocycles. The molecule has 0 bridgehead atoms. The highest BCUT2D eigenvalue weighted by Gasteiger charge is 2.26. The molecule has 5 heteroatoms. The molecule has 5 nitrogen and oxygen atoms in total. The Morgan fingerprint density at radius 3 is 3.08 bits per heavy atom. The van der Waals surface area contributed by atoms with Crippen molar-refractivity contribution in [2.24, 2.45) is 0 Å². The van der Waals surface area contributed by atoms with Gasteiger partial charge in [0.15, 0.2) is 0 Å². The number of methoxy groups -OCH3 is 1. The van der Waals surface area contributed by atoms with Crippen LogP contribution in [0.15, 0.2) is 6.20 Å². The lowest BCUT2D eigenvalue weighted by Crippen LogP contribution is -2.36. The zero-order chi connectivity index (χ0) is 9.26. The van der Waals surface area contributed by atoms with Crippen molar-refractivity contribution in [2.75, 3.05) is 13.7 Å². The molecule has 2 N–H and O–H groups in total. The van der Waals surface area contributed by atoms with E-state index in [1.807, 2.05) is 0 Å². The van der Waals surface area contributed by atoms with E-state index < -0.39 is 0 Å². The van der Waals surface area contributed by atoms with E-state index in [0.717, 1.165) is 18.7 Å². The number of aromatic amines is 1. The standard InChI is InChI=1S/C8H11N3O2/c1-13-8(12)5-4-10-11-7(5)6-2-3-9-6/h4,6,9H,2-3H2,1H3,(H,10,11). The Morgan fingerprint density at radius 1 is 1.77 bits per heavy atom. The van der Waals surface area contributed by atoms with E-state index in [-0.39, 0.29) is 12.0 Å². The van der Waals surface area contributed by atoms with Gasteiger partial charge in [-0.1, -0.05) is 0 Å². The minimum atomic E-state index is -0.336. The number of carbonyl (C=O) groups excluding carboxylic acids is 1. The van der Waals surface area contributed by atoms with Gasteiger partial charge in [0.25, 0.3) is 0 Å². The van der Waals surface area contributed by atoms with E-state index >= 15 is 0 Å². The summed E-state index contributed by atoms with van der Waals surface area (Å²) in [5.74, 6) is -0.336. The predicted octanol–water partition coefficient (Wildman–Crippen LogP) is 0.231. The molecule has 1 atom stereocenters. The molecule has 0 radical (unpaired) electrons. The molecule has 13 heavy (non-hydrogen) atoms. The number of hydrogen-bond donors (Lipinski definition) is 2. The molecule has 1 aliphatic rings. The van der Waals surface area contributed by atoms with Crippen LogP contribution in [0.2, 0.25) is 0 Å². The van der Waals surface area contributed by atoms with Crippen molar-refractivity contribution in [2.45, 2.75) is 12.5 Å². The van der Waals surface area contributed by atoms with Crippen molar-refractivity contribution in [1.82, 2.24) is 15.5 Å². The van der Waals surface area contributed by atoms with E-state index in [2.05, 4.69) is 20.3 Å². The highest BCUT2D eigenvalue weighted by Crippen LogP contribution is 2.23. The molecule has 1 fully saturated rings. The summed E-state index contributed by atoms with van der Waals surface area (Å²) in [6, 6.07) is 0.233. The Kier molecular flexibility index (Phi) is 2.02. The lowest BCUT2D eigenvalue weighted by atomic mass is 10.0. The third kappa shape index (κ3) is 1.31. The van der Waals surface area contributed by atoms with Crippen LogP contribution in [0, 0.1) is 0 Å². The van der Waals surface area contributed by atoms with Gasteiger partial charge in [-0.25, -0.2) is 4.79 Å². The van der Waals surface area contributed by atoms with Crippen molar-refractivity contribution in [1.29, 1.82) is 0 Å². The van der Waals surface area contributed by atoms with Gasteiger partial charge in [0.2, 0.25) is 0 Å². The molecule has 1 aromatic rings. The number of H-pyrrole nitrogens is 1. The quantitative estimate of drug-likeness (QED) is 0.641. The first-order chi connectivity index (χ1) is 6.33. The zero-order valence-corrected chi connectivity index (χ0v) is 7.33. The monoisotopic (exact) mass is 181 g/mol. The number of aromatic nitrogens is 2. The number of hydrogen-bond acceptors (Lipinski definition) is 4. The topological polar surface area (TPSA) is 67.0 Å². The molecule has 2 rings (SSSR count). The van der Waals surface area contributed by atoms with Crippen LogP contribution in [0.25, 0.3) is 0 Å². The molecule has 0 aromatic carbocycles. The molecule has 0 spiro atoms. The number of nitrogens with zero attached hydrogens (tertiary/aromatic N) is 1. The molecule has 1 saturated heterocycles. The summed E-state index contributed by atoms with van der Waals surface area (Å²) in [4.78, 5) is 11.2. The number of carbonyl (C=O) groups is 1. The molecule has 1 unspecified atom stereocenters. The Labute approximate surface area is 75.5 Å². The van der Waals surface area contributed by atoms with Crippen LogP contribution in [-0.4, -0.2) is 29.8 Å². The van der Waals surface area contributed by atoms with Crippen LogP contribution in [0.5, 0.6) is 0 Å². The fourth-order valence-corrected chi connectivity index (χ4v) is 1.37. The molecule has 1 aromatic heterocycles. The van der Waals surface area contributed by atoms with Gasteiger partial charge >= 0.3 is 5.97 Å². The van der Waals surface area contributed by atoms with Crippen LogP contribution in [0.3, 0.4) is 0 Å². The summed E-state index contributed by atoms with van der Waals surface area (Å²) in [6.07, 6.45) is 2.54. The lowest BCUT2D eigenvalue weighted by Gasteiger charge is -2.26. The van der Waals surface area contributed by atoms with Gasteiger partial charge in [0.1, 0.15) is 5.56 Å². The van der Waals surface area contributed by atoms with Crippen LogP contribution >= 0.6 is 0 Å². The van der Waals surface area contributed by atoms with E-state index in [0.29, 0.717) is 5.56 Å². The van der Waals surface area contributed by atoms with Crippen molar-refractivity contribution in [3.8, 4) is 0 Å². The largest absolute Gasteiger partial charge is 0.465 e. The second-order valence-electron chi connectivity index (χ2n) is 2.98. The Morgan fingerprint density at radius 2 is 2.54 bits per heavy atom. The third-order valence-electron chi connectivity index (χ3n) is 2.25. The highest BCUT2D eigenvalue weighted by molar-refractivity contribution is 5.90. The Bertz CT molecular complexity index is 317. The maximum Gasteiger partial charge on any atom is 0.341 e. The van der Waals surface area contributed by atoms with E-state index in [9.17, 15) is 4.79 Å². The number of ether oxygens (including phenoxy) is 1. The minimum Gasteiger partial charge on any atom is -0.465 e. The number of esters is 1. The van der Waals surface area contributed by atoms with E-state index in [4.69, 9.17) is 0 Å². The normalized spacial score (nSPS) is 20.8. The maximum absolute atomic E-state index is 11.2. The van der Waals surface area contributed by atoms with Crippen LogP contribution in [-0.2, 0) is 4.74 Å². The van der Waals surface area contributed by atoms with E-state index in [1.54, 1.807) is 0 Å². The smallest absolute Gasteiger partial charge is 0.341 e. The fourth-order valence-electron chi connectivity index (χ4n) is 1.37. The van der Waals surface area contributed by atoms with E-state index in [1.165, 1.54) is 13.3 Å². The predicted molar refractivity (Wildman–Crippen MR) is 45.3 cm³/mol. The van der Waals surface area contributed by atoms with Gasteiger partial charge in [-0.05, 0) is 13.0 Å². The van der Waals surface area contributed by atoms with Crippen molar-refractivity contribution in [3.05, 3.63) is 17.5 Å². The SMILES string of the molecule is COC(=O)c1cn[nH]c1C1CCN1. The minimum absolute atomic E-state index is 0.233. The second kappa shape index (κ2) is 3.18. The molecular formula is C8H11N3O2. The lowest BCUT2D eigenvalue weighted by molar-refractivity contribution is 0.0598. The Hall–Kier alpha value is -1.36. The van der Waals surface area contributed by atoms with Gasteiger partial charge in [0.05, 0.1) is 25.0 Å². The van der Waals surface area contributed by atoms with Crippen LogP contribution in [0.1, 0.15) is 28.5 Å². The van der Waals surface area contributed by atoms with Crippen LogP contribution in [0.4, 0.5) is 0 Å². The van der Waals surface area contributed by atoms with Crippen molar-refractivity contribution in [3.63, 3.8) is 0 Å². The number of rotatable bonds is 2. The first-order valence-corrected chi connectivity index (χ1v) is 4.18. The molecule has 1 aliphatic heterocycles. The van der Waals surface area contributed by atoms with Gasteiger partial charge in [0, 0.05) is 0 Å². The Balaban J connectivity index is 2.24. The molecule has 0 amide bonds. The second-order valence-corrected chi connectivity index (χ2v) is 2.98. The van der Waals surface area contributed by atoms with Gasteiger partial charge < -0.3 is 10.1 Å². The van der Waals surface area contributed by atoms with Crippen molar-refractivity contribution < 1.29 is 9.53 Å². The summed E-state index contributed by atoms with van der Waals surface area (Å²) in [5, 5.41) is 9.83. The van der Waals surface area contributed by atoms with Crippen LogP contribution < -0.4 is 5.32 Å². The average Bonchev–Trinajstić information content (AvgIpc) is 2.49. The highest BCUT2D eigenvalue weighted by atomic mass is 16.5. The summed E-state index contributed by atoms with van der Waals surface area (Å²) < 4.78 is 4.63. The first-order valence-electron chi connectivity index (χ1n) is 4.18. The molecular weight excluding hydrogens is 170 g/mol. The molecule has 0 saturated carbocycles. The number of nitrogens with one attached hydrogen (secondary N) is 2. The third-order valence-corrected chi connectivity index (χ3v) is 2.25. The average molecular weight is 181 g/mol. The summed E-state index contributed by atoms with van der Waals surface area (Å²) in [7, 11) is 1.37. The molecule has 2 heterocycles. The summed E-state index contributed by atoms with van der Waals surface area (Å²) in [5.41, 5.74) is 1.36. The zero-order valence-electron chi connectivity index (χ0n) is 7.33. The first kappa shape index (κ1) is 8.25. The summed E-state index contributed by atoms with van der Waals surface area (Å²) >= 11 is 0. The van der Waals surface area contributed by atoms with Gasteiger partial charge in [-0.2, -0.15) is 5.10 Å². The summed E-state index contributed by atoms with van der Waals surface area (Å²) in [6.45, 7) is 0.990. The molecule has 70 valence electrons. The fraction of sp³-hybridized carbons (Fsp3) is 0.500. The maximum atomic E-state index is 11.2. The van der Waals surface area contributed by atoms with Crippen molar-refractivity contribution >= 4 is 5.97 Å². The van der Waals surface area contributed by atoms with Gasteiger partial charge in [-0.15, -0.1) is 0 Å².